The minimum Gasteiger partial charge on any atom is -0.480 e. The SMILES string of the molecule is Cn1c(=O)n(-c2ccc(OCc3ccccc3)nc2OCc2ccccc2)c2ccc(Nc3ccn(CC(=O)O)n3)cc21. The fourth-order valence-corrected chi connectivity index (χ4v) is 4.68. The van der Waals surface area contributed by atoms with Crippen LogP contribution in [0.5, 0.6) is 11.8 Å². The van der Waals surface area contributed by atoms with Crippen LogP contribution in [-0.4, -0.2) is 35.0 Å². The zero-order chi connectivity index (χ0) is 29.8. The fourth-order valence-electron chi connectivity index (χ4n) is 4.68. The van der Waals surface area contributed by atoms with E-state index in [9.17, 15) is 9.59 Å². The zero-order valence-electron chi connectivity index (χ0n) is 23.3. The third-order valence-corrected chi connectivity index (χ3v) is 6.77. The number of nitrogens with zero attached hydrogens (tertiary/aromatic N) is 5. The number of pyridine rings is 1. The maximum atomic E-state index is 13.6. The monoisotopic (exact) mass is 576 g/mol. The summed E-state index contributed by atoms with van der Waals surface area (Å²) < 4.78 is 16.6. The minimum absolute atomic E-state index is 0.239. The molecular formula is C32H28N6O5. The van der Waals surface area contributed by atoms with Crippen molar-refractivity contribution in [3.63, 3.8) is 0 Å². The molecular weight excluding hydrogens is 548 g/mol. The van der Waals surface area contributed by atoms with Crippen LogP contribution >= 0.6 is 0 Å². The Hall–Kier alpha value is -5.84. The summed E-state index contributed by atoms with van der Waals surface area (Å²) in [7, 11) is 1.70. The van der Waals surface area contributed by atoms with Gasteiger partial charge in [-0.2, -0.15) is 10.1 Å². The molecule has 0 fully saturated rings. The van der Waals surface area contributed by atoms with Gasteiger partial charge in [0.2, 0.25) is 11.8 Å². The van der Waals surface area contributed by atoms with Crippen molar-refractivity contribution in [2.24, 2.45) is 7.05 Å². The van der Waals surface area contributed by atoms with Gasteiger partial charge in [0.1, 0.15) is 25.4 Å². The van der Waals surface area contributed by atoms with E-state index in [0.29, 0.717) is 40.7 Å². The molecule has 6 rings (SSSR count). The molecule has 3 heterocycles. The third-order valence-electron chi connectivity index (χ3n) is 6.77. The summed E-state index contributed by atoms with van der Waals surface area (Å²) in [6.07, 6.45) is 1.58. The van der Waals surface area contributed by atoms with Crippen LogP contribution in [0.25, 0.3) is 16.7 Å². The Labute approximate surface area is 246 Å². The smallest absolute Gasteiger partial charge is 0.333 e. The molecule has 0 spiro atoms. The van der Waals surface area contributed by atoms with Crippen LogP contribution in [-0.2, 0) is 31.6 Å². The molecule has 3 aromatic carbocycles. The Morgan fingerprint density at radius 3 is 2.26 bits per heavy atom. The highest BCUT2D eigenvalue weighted by Crippen LogP contribution is 2.29. The normalized spacial score (nSPS) is 11.0. The van der Waals surface area contributed by atoms with Crippen LogP contribution in [0.15, 0.2) is 108 Å². The first-order valence-electron chi connectivity index (χ1n) is 13.5. The summed E-state index contributed by atoms with van der Waals surface area (Å²) in [5.74, 6) is 0.134. The van der Waals surface area contributed by atoms with E-state index in [1.54, 1.807) is 40.6 Å². The lowest BCUT2D eigenvalue weighted by molar-refractivity contribution is -0.137. The summed E-state index contributed by atoms with van der Waals surface area (Å²) in [4.78, 5) is 29.2. The van der Waals surface area contributed by atoms with Gasteiger partial charge in [-0.05, 0) is 35.4 Å². The molecule has 216 valence electrons. The summed E-state index contributed by atoms with van der Waals surface area (Å²) in [5.41, 5.74) is 4.16. The van der Waals surface area contributed by atoms with Crippen LogP contribution in [0, 0.1) is 0 Å². The van der Waals surface area contributed by atoms with Gasteiger partial charge in [-0.1, -0.05) is 60.7 Å². The van der Waals surface area contributed by atoms with Gasteiger partial charge in [0.25, 0.3) is 0 Å². The molecule has 0 amide bonds. The zero-order valence-corrected chi connectivity index (χ0v) is 23.3. The average molecular weight is 577 g/mol. The Morgan fingerprint density at radius 2 is 1.56 bits per heavy atom. The summed E-state index contributed by atoms with van der Waals surface area (Å²) >= 11 is 0. The molecule has 11 heteroatoms. The second-order valence-corrected chi connectivity index (χ2v) is 9.82. The van der Waals surface area contributed by atoms with Crippen molar-refractivity contribution in [3.8, 4) is 17.4 Å². The molecule has 0 unspecified atom stereocenters. The van der Waals surface area contributed by atoms with Gasteiger partial charge in [-0.25, -0.2) is 4.79 Å². The highest BCUT2D eigenvalue weighted by Gasteiger charge is 2.19. The number of hydrogen-bond donors (Lipinski definition) is 2. The van der Waals surface area contributed by atoms with E-state index >= 15 is 0 Å². The van der Waals surface area contributed by atoms with Crippen molar-refractivity contribution in [1.29, 1.82) is 0 Å². The molecule has 43 heavy (non-hydrogen) atoms. The Morgan fingerprint density at radius 1 is 0.860 bits per heavy atom. The summed E-state index contributed by atoms with van der Waals surface area (Å²) in [6, 6.07) is 30.2. The van der Waals surface area contributed by atoms with Crippen molar-refractivity contribution in [2.45, 2.75) is 19.8 Å². The largest absolute Gasteiger partial charge is 0.480 e. The molecule has 3 aromatic heterocycles. The highest BCUT2D eigenvalue weighted by molar-refractivity contribution is 5.83. The number of rotatable bonds is 11. The number of ether oxygens (including phenoxy) is 2. The number of aliphatic carboxylic acids is 1. The van der Waals surface area contributed by atoms with E-state index in [-0.39, 0.29) is 24.7 Å². The molecule has 0 aliphatic carbocycles. The maximum absolute atomic E-state index is 13.6. The molecule has 0 radical (unpaired) electrons. The van der Waals surface area contributed by atoms with Gasteiger partial charge < -0.3 is 19.9 Å². The molecule has 0 saturated heterocycles. The lowest BCUT2D eigenvalue weighted by Crippen LogP contribution is -2.21. The predicted molar refractivity (Wildman–Crippen MR) is 161 cm³/mol. The van der Waals surface area contributed by atoms with Crippen LogP contribution in [0.1, 0.15) is 11.1 Å². The first-order chi connectivity index (χ1) is 20.9. The number of nitrogens with one attached hydrogen (secondary N) is 1. The van der Waals surface area contributed by atoms with Gasteiger partial charge in [0.15, 0.2) is 5.82 Å². The number of carboxylic acids is 1. The lowest BCUT2D eigenvalue weighted by atomic mass is 10.2. The van der Waals surface area contributed by atoms with Gasteiger partial charge in [-0.3, -0.25) is 18.6 Å². The first kappa shape index (κ1) is 27.3. The minimum atomic E-state index is -0.982. The number of anilines is 2. The van der Waals surface area contributed by atoms with E-state index in [0.717, 1.165) is 11.1 Å². The molecule has 0 aliphatic heterocycles. The van der Waals surface area contributed by atoms with Gasteiger partial charge in [-0.15, -0.1) is 0 Å². The predicted octanol–water partition coefficient (Wildman–Crippen LogP) is 4.91. The van der Waals surface area contributed by atoms with Crippen molar-refractivity contribution in [2.75, 3.05) is 5.32 Å². The standard InChI is InChI=1S/C32H28N6O5/c1-36-27-18-24(33-28-16-17-37(35-28)19-30(39)40)12-13-25(27)38(32(36)41)26-14-15-29(42-20-22-8-4-2-5-9-22)34-31(26)43-21-23-10-6-3-7-11-23/h2-18H,19-21H2,1H3,(H,33,35)(H,39,40). The number of benzene rings is 3. The van der Waals surface area contributed by atoms with Crippen LogP contribution < -0.4 is 20.5 Å². The molecule has 6 aromatic rings. The van der Waals surface area contributed by atoms with E-state index < -0.39 is 5.97 Å². The van der Waals surface area contributed by atoms with Crippen molar-refractivity contribution < 1.29 is 19.4 Å². The number of hydrogen-bond acceptors (Lipinski definition) is 7. The second kappa shape index (κ2) is 12.0. The molecule has 0 atom stereocenters. The van der Waals surface area contributed by atoms with Crippen molar-refractivity contribution in [1.82, 2.24) is 23.9 Å². The lowest BCUT2D eigenvalue weighted by Gasteiger charge is -2.14. The van der Waals surface area contributed by atoms with E-state index in [2.05, 4.69) is 15.4 Å². The Kier molecular flexibility index (Phi) is 7.60. The molecule has 2 N–H and O–H groups in total. The topological polar surface area (TPSA) is 125 Å². The van der Waals surface area contributed by atoms with Crippen molar-refractivity contribution in [3.05, 3.63) is 125 Å². The Balaban J connectivity index is 1.34. The summed E-state index contributed by atoms with van der Waals surface area (Å²) in [5, 5.41) is 16.4. The number of fused-ring (bicyclic) bond motifs is 1. The highest BCUT2D eigenvalue weighted by atomic mass is 16.5. The maximum Gasteiger partial charge on any atom is 0.333 e. The summed E-state index contributed by atoms with van der Waals surface area (Å²) in [6.45, 7) is 0.353. The fraction of sp³-hybridized carbons (Fsp3) is 0.125. The van der Waals surface area contributed by atoms with Crippen LogP contribution in [0.3, 0.4) is 0 Å². The van der Waals surface area contributed by atoms with Gasteiger partial charge in [0, 0.05) is 31.1 Å². The molecule has 0 aliphatic rings. The van der Waals surface area contributed by atoms with Crippen LogP contribution in [0.2, 0.25) is 0 Å². The second-order valence-electron chi connectivity index (χ2n) is 9.82. The molecule has 11 nitrogen and oxygen atoms in total. The van der Waals surface area contributed by atoms with Gasteiger partial charge >= 0.3 is 11.7 Å². The average Bonchev–Trinajstić information content (AvgIpc) is 3.56. The van der Waals surface area contributed by atoms with E-state index in [4.69, 9.17) is 14.6 Å². The van der Waals surface area contributed by atoms with Crippen molar-refractivity contribution >= 4 is 28.5 Å². The van der Waals surface area contributed by atoms with Gasteiger partial charge in [0.05, 0.1) is 11.0 Å². The first-order valence-corrected chi connectivity index (χ1v) is 13.5. The van der Waals surface area contributed by atoms with E-state index in [1.165, 1.54) is 4.68 Å². The number of aromatic nitrogens is 5. The quantitative estimate of drug-likeness (QED) is 0.223. The Bertz CT molecular complexity index is 1950. The number of carbonyl (C=O) groups is 1. The van der Waals surface area contributed by atoms with Crippen LogP contribution in [0.4, 0.5) is 11.5 Å². The number of aryl methyl sites for hydroxylation is 1. The molecule has 0 bridgehead atoms. The van der Waals surface area contributed by atoms with E-state index in [1.807, 2.05) is 78.9 Å². The third kappa shape index (κ3) is 6.10. The number of imidazole rings is 1. The molecule has 0 saturated carbocycles. The number of carboxylic acid groups (broad SMARTS) is 1.